The Balaban J connectivity index is 2.42. The highest BCUT2D eigenvalue weighted by Gasteiger charge is 2.12. The molecule has 0 radical (unpaired) electrons. The summed E-state index contributed by atoms with van der Waals surface area (Å²) in [7, 11) is 1.42. The second-order valence-corrected chi connectivity index (χ2v) is 3.02. The van der Waals surface area contributed by atoms with Crippen molar-refractivity contribution in [2.75, 3.05) is 7.11 Å². The first-order valence-electron chi connectivity index (χ1n) is 4.17. The Morgan fingerprint density at radius 2 is 2.50 bits per heavy atom. The molecule has 0 aromatic rings. The van der Waals surface area contributed by atoms with Gasteiger partial charge in [-0.2, -0.15) is 0 Å². The lowest BCUT2D eigenvalue weighted by atomic mass is 9.99. The minimum Gasteiger partial charge on any atom is -0.469 e. The summed E-state index contributed by atoms with van der Waals surface area (Å²) in [4.78, 5) is 10.9. The third-order valence-electron chi connectivity index (χ3n) is 2.07. The zero-order chi connectivity index (χ0) is 8.97. The molecule has 1 rings (SSSR count). The van der Waals surface area contributed by atoms with Gasteiger partial charge in [0.1, 0.15) is 0 Å². The van der Waals surface area contributed by atoms with E-state index >= 15 is 0 Å². The highest BCUT2D eigenvalue weighted by atomic mass is 16.5. The highest BCUT2D eigenvalue weighted by Crippen LogP contribution is 2.21. The van der Waals surface area contributed by atoms with Gasteiger partial charge in [0.15, 0.2) is 0 Å². The van der Waals surface area contributed by atoms with Crippen LogP contribution in [0.4, 0.5) is 0 Å². The molecular weight excluding hydrogens is 152 g/mol. The van der Waals surface area contributed by atoms with Crippen molar-refractivity contribution >= 4 is 5.97 Å². The Morgan fingerprint density at radius 1 is 1.75 bits per heavy atom. The molecule has 0 heterocycles. The molecule has 2 nitrogen and oxygen atoms in total. The Kier molecular flexibility index (Phi) is 3.09. The standard InChI is InChI=1S/C10H14O2/c1-8(7-10(11)12-2)9-5-3-4-6-9/h3,5-6,8H,4,7H2,1-2H3. The second kappa shape index (κ2) is 4.10. The third kappa shape index (κ3) is 2.22. The van der Waals surface area contributed by atoms with Crippen molar-refractivity contribution in [3.05, 3.63) is 23.8 Å². The summed E-state index contributed by atoms with van der Waals surface area (Å²) < 4.78 is 4.59. The molecule has 0 aliphatic heterocycles. The first-order valence-corrected chi connectivity index (χ1v) is 4.17. The predicted molar refractivity (Wildman–Crippen MR) is 47.6 cm³/mol. The highest BCUT2D eigenvalue weighted by molar-refractivity contribution is 5.70. The van der Waals surface area contributed by atoms with Gasteiger partial charge in [0, 0.05) is 0 Å². The van der Waals surface area contributed by atoms with Crippen LogP contribution < -0.4 is 0 Å². The van der Waals surface area contributed by atoms with E-state index in [0.717, 1.165) is 6.42 Å². The minimum absolute atomic E-state index is 0.135. The Labute approximate surface area is 72.9 Å². The molecule has 0 aromatic carbocycles. The van der Waals surface area contributed by atoms with Gasteiger partial charge in [0.05, 0.1) is 13.5 Å². The molecule has 2 heteroatoms. The average Bonchev–Trinajstić information content (AvgIpc) is 2.56. The Hall–Kier alpha value is -1.05. The smallest absolute Gasteiger partial charge is 0.306 e. The molecule has 0 fully saturated rings. The van der Waals surface area contributed by atoms with Crippen molar-refractivity contribution in [3.63, 3.8) is 0 Å². The van der Waals surface area contributed by atoms with Crippen LogP contribution in [0.15, 0.2) is 23.8 Å². The number of carbonyl (C=O) groups excluding carboxylic acids is 1. The van der Waals surface area contributed by atoms with Gasteiger partial charge in [-0.05, 0) is 17.9 Å². The van der Waals surface area contributed by atoms with Crippen molar-refractivity contribution in [2.45, 2.75) is 19.8 Å². The van der Waals surface area contributed by atoms with Gasteiger partial charge in [0.25, 0.3) is 0 Å². The molecule has 0 saturated carbocycles. The largest absolute Gasteiger partial charge is 0.469 e. The van der Waals surface area contributed by atoms with Crippen LogP contribution in [-0.2, 0) is 9.53 Å². The van der Waals surface area contributed by atoms with Crippen molar-refractivity contribution < 1.29 is 9.53 Å². The third-order valence-corrected chi connectivity index (χ3v) is 2.07. The first kappa shape index (κ1) is 9.04. The zero-order valence-corrected chi connectivity index (χ0v) is 7.54. The summed E-state index contributed by atoms with van der Waals surface area (Å²) in [5.74, 6) is 0.153. The number of carbonyl (C=O) groups is 1. The van der Waals surface area contributed by atoms with E-state index in [0.29, 0.717) is 6.42 Å². The molecule has 66 valence electrons. The van der Waals surface area contributed by atoms with Crippen molar-refractivity contribution in [2.24, 2.45) is 5.92 Å². The van der Waals surface area contributed by atoms with Crippen LogP contribution in [0.1, 0.15) is 19.8 Å². The molecular formula is C10H14O2. The van der Waals surface area contributed by atoms with Crippen LogP contribution in [-0.4, -0.2) is 13.1 Å². The van der Waals surface area contributed by atoms with Crippen LogP contribution >= 0.6 is 0 Å². The minimum atomic E-state index is -0.135. The van der Waals surface area contributed by atoms with Crippen molar-refractivity contribution in [1.29, 1.82) is 0 Å². The normalized spacial score (nSPS) is 17.3. The summed E-state index contributed by atoms with van der Waals surface area (Å²) in [6, 6.07) is 0. The van der Waals surface area contributed by atoms with E-state index in [-0.39, 0.29) is 11.9 Å². The van der Waals surface area contributed by atoms with E-state index in [1.165, 1.54) is 12.7 Å². The molecule has 1 aliphatic carbocycles. The molecule has 0 N–H and O–H groups in total. The van der Waals surface area contributed by atoms with Gasteiger partial charge < -0.3 is 4.74 Å². The van der Waals surface area contributed by atoms with Crippen LogP contribution in [0.5, 0.6) is 0 Å². The van der Waals surface area contributed by atoms with Crippen molar-refractivity contribution in [1.82, 2.24) is 0 Å². The lowest BCUT2D eigenvalue weighted by Gasteiger charge is -2.08. The summed E-state index contributed by atoms with van der Waals surface area (Å²) in [5, 5.41) is 0. The number of allylic oxidation sites excluding steroid dienone is 4. The lowest BCUT2D eigenvalue weighted by Crippen LogP contribution is -2.07. The zero-order valence-electron chi connectivity index (χ0n) is 7.54. The summed E-state index contributed by atoms with van der Waals surface area (Å²) in [6.45, 7) is 2.04. The molecule has 1 unspecified atom stereocenters. The number of hydrogen-bond donors (Lipinski definition) is 0. The fourth-order valence-corrected chi connectivity index (χ4v) is 1.29. The number of rotatable bonds is 3. The van der Waals surface area contributed by atoms with Gasteiger partial charge in [-0.15, -0.1) is 0 Å². The summed E-state index contributed by atoms with van der Waals surface area (Å²) >= 11 is 0. The SMILES string of the molecule is COC(=O)CC(C)C1=CCC=C1. The molecule has 0 bridgehead atoms. The number of methoxy groups -OCH3 is 1. The second-order valence-electron chi connectivity index (χ2n) is 3.02. The number of esters is 1. The van der Waals surface area contributed by atoms with E-state index in [2.05, 4.69) is 23.0 Å². The molecule has 12 heavy (non-hydrogen) atoms. The molecule has 1 atom stereocenters. The van der Waals surface area contributed by atoms with E-state index < -0.39 is 0 Å². The van der Waals surface area contributed by atoms with Crippen molar-refractivity contribution in [3.8, 4) is 0 Å². The maximum Gasteiger partial charge on any atom is 0.306 e. The van der Waals surface area contributed by atoms with Crippen LogP contribution in [0, 0.1) is 5.92 Å². The summed E-state index contributed by atoms with van der Waals surface area (Å²) in [6.07, 6.45) is 7.80. The summed E-state index contributed by atoms with van der Waals surface area (Å²) in [5.41, 5.74) is 1.25. The molecule has 0 amide bonds. The fourth-order valence-electron chi connectivity index (χ4n) is 1.29. The lowest BCUT2D eigenvalue weighted by molar-refractivity contribution is -0.141. The Bertz CT molecular complexity index is 226. The van der Waals surface area contributed by atoms with E-state index in [4.69, 9.17) is 0 Å². The van der Waals surface area contributed by atoms with Gasteiger partial charge in [-0.25, -0.2) is 0 Å². The van der Waals surface area contributed by atoms with Crippen LogP contribution in [0.3, 0.4) is 0 Å². The van der Waals surface area contributed by atoms with Gasteiger partial charge in [-0.1, -0.05) is 25.2 Å². The quantitative estimate of drug-likeness (QED) is 0.600. The number of hydrogen-bond acceptors (Lipinski definition) is 2. The monoisotopic (exact) mass is 166 g/mol. The number of ether oxygens (including phenoxy) is 1. The molecule has 0 saturated heterocycles. The average molecular weight is 166 g/mol. The topological polar surface area (TPSA) is 26.3 Å². The van der Waals surface area contributed by atoms with Crippen LogP contribution in [0.2, 0.25) is 0 Å². The molecule has 0 spiro atoms. The predicted octanol–water partition coefficient (Wildman–Crippen LogP) is 2.07. The van der Waals surface area contributed by atoms with Gasteiger partial charge in [-0.3, -0.25) is 4.79 Å². The molecule has 0 aromatic heterocycles. The fraction of sp³-hybridized carbons (Fsp3) is 0.500. The Morgan fingerprint density at radius 3 is 3.00 bits per heavy atom. The maximum absolute atomic E-state index is 10.9. The maximum atomic E-state index is 10.9. The van der Waals surface area contributed by atoms with Crippen LogP contribution in [0.25, 0.3) is 0 Å². The van der Waals surface area contributed by atoms with E-state index in [1.54, 1.807) is 0 Å². The molecule has 1 aliphatic rings. The van der Waals surface area contributed by atoms with E-state index in [1.807, 2.05) is 6.92 Å². The first-order chi connectivity index (χ1) is 5.74. The van der Waals surface area contributed by atoms with Gasteiger partial charge in [0.2, 0.25) is 0 Å². The van der Waals surface area contributed by atoms with E-state index in [9.17, 15) is 4.79 Å². The van der Waals surface area contributed by atoms with Gasteiger partial charge >= 0.3 is 5.97 Å².